The molecule has 0 radical (unpaired) electrons. The van der Waals surface area contributed by atoms with Crippen molar-refractivity contribution in [2.75, 3.05) is 13.1 Å². The Kier molecular flexibility index (Phi) is 5.51. The van der Waals surface area contributed by atoms with E-state index in [0.29, 0.717) is 6.04 Å². The van der Waals surface area contributed by atoms with Crippen LogP contribution in [-0.2, 0) is 0 Å². The standard InChI is InChI=1S/C12H25N3/c1-4-13-12(14-5-2)15-11-8-6-10(3)7-9-11/h10-11H,4-9H2,1-3H3,(H2,13,14,15). The number of hydrogen-bond acceptors (Lipinski definition) is 1. The predicted octanol–water partition coefficient (Wildman–Crippen LogP) is 2.14. The first-order chi connectivity index (χ1) is 7.26. The maximum absolute atomic E-state index is 4.42. The van der Waals surface area contributed by atoms with Crippen LogP contribution in [0.1, 0.15) is 46.5 Å². The van der Waals surface area contributed by atoms with Crippen LogP contribution < -0.4 is 10.6 Å². The molecule has 0 heterocycles. The zero-order valence-corrected chi connectivity index (χ0v) is 10.3. The summed E-state index contributed by atoms with van der Waals surface area (Å²) in [6.45, 7) is 8.31. The maximum Gasteiger partial charge on any atom is 0.191 e. The van der Waals surface area contributed by atoms with Gasteiger partial charge >= 0.3 is 0 Å². The summed E-state index contributed by atoms with van der Waals surface area (Å²) in [5.74, 6) is 1.90. The molecule has 0 bridgehead atoms. The van der Waals surface area contributed by atoms with Gasteiger partial charge in [-0.15, -0.1) is 0 Å². The Morgan fingerprint density at radius 2 is 1.87 bits per heavy atom. The van der Waals surface area contributed by atoms with Crippen molar-refractivity contribution in [1.82, 2.24) is 10.6 Å². The zero-order chi connectivity index (χ0) is 11.1. The van der Waals surface area contributed by atoms with E-state index >= 15 is 0 Å². The van der Waals surface area contributed by atoms with E-state index in [4.69, 9.17) is 0 Å². The summed E-state index contributed by atoms with van der Waals surface area (Å²) in [5.41, 5.74) is 0. The number of nitrogens with zero attached hydrogens (tertiary/aromatic N) is 1. The molecule has 1 fully saturated rings. The molecule has 15 heavy (non-hydrogen) atoms. The highest BCUT2D eigenvalue weighted by molar-refractivity contribution is 5.80. The van der Waals surface area contributed by atoms with E-state index in [1.54, 1.807) is 0 Å². The molecule has 1 aliphatic carbocycles. The van der Waals surface area contributed by atoms with Gasteiger partial charge in [-0.1, -0.05) is 6.92 Å². The third-order valence-electron chi connectivity index (χ3n) is 3.02. The van der Waals surface area contributed by atoms with E-state index in [2.05, 4.69) is 36.4 Å². The van der Waals surface area contributed by atoms with Crippen LogP contribution in [0.2, 0.25) is 0 Å². The monoisotopic (exact) mass is 211 g/mol. The SMILES string of the molecule is CCN=C(NCC)NC1CCC(C)CC1. The van der Waals surface area contributed by atoms with Gasteiger partial charge in [0.25, 0.3) is 0 Å². The normalized spacial score (nSPS) is 27.5. The second-order valence-corrected chi connectivity index (χ2v) is 4.45. The largest absolute Gasteiger partial charge is 0.357 e. The Bertz CT molecular complexity index is 193. The molecule has 2 N–H and O–H groups in total. The lowest BCUT2D eigenvalue weighted by molar-refractivity contribution is 0.329. The Labute approximate surface area is 93.7 Å². The molecule has 0 unspecified atom stereocenters. The first-order valence-corrected chi connectivity index (χ1v) is 6.31. The van der Waals surface area contributed by atoms with Crippen molar-refractivity contribution in [1.29, 1.82) is 0 Å². The average Bonchev–Trinajstić information content (AvgIpc) is 2.22. The number of guanidine groups is 1. The van der Waals surface area contributed by atoms with Crippen molar-refractivity contribution in [2.24, 2.45) is 10.9 Å². The summed E-state index contributed by atoms with van der Waals surface area (Å²) in [5, 5.41) is 6.80. The number of rotatable bonds is 3. The molecule has 0 saturated heterocycles. The van der Waals surface area contributed by atoms with Gasteiger partial charge in [-0.05, 0) is 45.4 Å². The Hall–Kier alpha value is -0.730. The molecule has 0 aromatic carbocycles. The quantitative estimate of drug-likeness (QED) is 0.554. The third kappa shape index (κ3) is 4.54. The van der Waals surface area contributed by atoms with Crippen molar-refractivity contribution < 1.29 is 0 Å². The first kappa shape index (κ1) is 12.3. The van der Waals surface area contributed by atoms with Gasteiger partial charge in [0.05, 0.1) is 0 Å². The van der Waals surface area contributed by atoms with Gasteiger partial charge < -0.3 is 10.6 Å². The molecule has 1 aliphatic rings. The number of nitrogens with one attached hydrogen (secondary N) is 2. The Morgan fingerprint density at radius 3 is 2.40 bits per heavy atom. The average molecular weight is 211 g/mol. The molecule has 0 aliphatic heterocycles. The van der Waals surface area contributed by atoms with E-state index in [1.807, 2.05) is 0 Å². The fourth-order valence-corrected chi connectivity index (χ4v) is 2.08. The zero-order valence-electron chi connectivity index (χ0n) is 10.3. The molecule has 1 rings (SSSR count). The third-order valence-corrected chi connectivity index (χ3v) is 3.02. The number of hydrogen-bond donors (Lipinski definition) is 2. The summed E-state index contributed by atoms with van der Waals surface area (Å²) in [4.78, 5) is 4.42. The first-order valence-electron chi connectivity index (χ1n) is 6.31. The van der Waals surface area contributed by atoms with E-state index in [0.717, 1.165) is 25.0 Å². The van der Waals surface area contributed by atoms with Crippen LogP contribution in [0.15, 0.2) is 4.99 Å². The second kappa shape index (κ2) is 6.70. The topological polar surface area (TPSA) is 36.4 Å². The van der Waals surface area contributed by atoms with Crippen molar-refractivity contribution >= 4 is 5.96 Å². The fourth-order valence-electron chi connectivity index (χ4n) is 2.08. The molecule has 0 aromatic rings. The van der Waals surface area contributed by atoms with Gasteiger partial charge in [-0.3, -0.25) is 4.99 Å². The van der Waals surface area contributed by atoms with Gasteiger partial charge in [-0.25, -0.2) is 0 Å². The van der Waals surface area contributed by atoms with Crippen molar-refractivity contribution in [3.63, 3.8) is 0 Å². The smallest absolute Gasteiger partial charge is 0.191 e. The summed E-state index contributed by atoms with van der Waals surface area (Å²) < 4.78 is 0. The van der Waals surface area contributed by atoms with Crippen molar-refractivity contribution in [2.45, 2.75) is 52.5 Å². The molecular weight excluding hydrogens is 186 g/mol. The van der Waals surface area contributed by atoms with E-state index in [1.165, 1.54) is 25.7 Å². The summed E-state index contributed by atoms with van der Waals surface area (Å²) in [6.07, 6.45) is 5.27. The van der Waals surface area contributed by atoms with E-state index in [9.17, 15) is 0 Å². The Balaban J connectivity index is 2.34. The minimum Gasteiger partial charge on any atom is -0.357 e. The van der Waals surface area contributed by atoms with Crippen LogP contribution in [0.25, 0.3) is 0 Å². The lowest BCUT2D eigenvalue weighted by Gasteiger charge is -2.28. The van der Waals surface area contributed by atoms with Gasteiger partial charge in [-0.2, -0.15) is 0 Å². The van der Waals surface area contributed by atoms with Crippen LogP contribution >= 0.6 is 0 Å². The van der Waals surface area contributed by atoms with Gasteiger partial charge in [0, 0.05) is 19.1 Å². The molecule has 88 valence electrons. The molecule has 3 heteroatoms. The predicted molar refractivity (Wildman–Crippen MR) is 66.2 cm³/mol. The van der Waals surface area contributed by atoms with Gasteiger partial charge in [0.15, 0.2) is 5.96 Å². The summed E-state index contributed by atoms with van der Waals surface area (Å²) in [7, 11) is 0. The summed E-state index contributed by atoms with van der Waals surface area (Å²) >= 11 is 0. The second-order valence-electron chi connectivity index (χ2n) is 4.45. The van der Waals surface area contributed by atoms with Gasteiger partial charge in [0.1, 0.15) is 0 Å². The molecule has 1 saturated carbocycles. The molecular formula is C12H25N3. The molecule has 0 spiro atoms. The lowest BCUT2D eigenvalue weighted by Crippen LogP contribution is -2.44. The van der Waals surface area contributed by atoms with E-state index < -0.39 is 0 Å². The van der Waals surface area contributed by atoms with Crippen LogP contribution in [-0.4, -0.2) is 25.1 Å². The molecule has 0 atom stereocenters. The maximum atomic E-state index is 4.42. The fraction of sp³-hybridized carbons (Fsp3) is 0.917. The van der Waals surface area contributed by atoms with Crippen LogP contribution in [0.5, 0.6) is 0 Å². The van der Waals surface area contributed by atoms with Crippen LogP contribution in [0.3, 0.4) is 0 Å². The molecule has 3 nitrogen and oxygen atoms in total. The minimum absolute atomic E-state index is 0.630. The van der Waals surface area contributed by atoms with Crippen LogP contribution in [0.4, 0.5) is 0 Å². The van der Waals surface area contributed by atoms with Gasteiger partial charge in [0.2, 0.25) is 0 Å². The lowest BCUT2D eigenvalue weighted by atomic mass is 9.87. The van der Waals surface area contributed by atoms with E-state index in [-0.39, 0.29) is 0 Å². The summed E-state index contributed by atoms with van der Waals surface area (Å²) in [6, 6.07) is 0.630. The Morgan fingerprint density at radius 1 is 1.20 bits per heavy atom. The molecule has 0 aromatic heterocycles. The van der Waals surface area contributed by atoms with Crippen molar-refractivity contribution in [3.8, 4) is 0 Å². The minimum atomic E-state index is 0.630. The van der Waals surface area contributed by atoms with Crippen LogP contribution in [0, 0.1) is 5.92 Å². The highest BCUT2D eigenvalue weighted by Gasteiger charge is 2.18. The molecule has 0 amide bonds. The highest BCUT2D eigenvalue weighted by atomic mass is 15.2. The number of aliphatic imine (C=N–C) groups is 1. The van der Waals surface area contributed by atoms with Crippen molar-refractivity contribution in [3.05, 3.63) is 0 Å². The highest BCUT2D eigenvalue weighted by Crippen LogP contribution is 2.23.